The summed E-state index contributed by atoms with van der Waals surface area (Å²) in [6.07, 6.45) is 2.96. The fourth-order valence-corrected chi connectivity index (χ4v) is 3.30. The number of rotatable bonds is 4. The standard InChI is InChI=1S/C17H16BrFN4O2/c1-2-10-7-23(17(25)12-4-3-11(18)5-13(10)12)8-15(24)22-16-14(19)6-20-9-21-16/h3-6,9-10H,2,7-8H2,1H3,(H,20,21,22,24)/t10-/m0/s1. The number of carbonyl (C=O) groups is 2. The van der Waals surface area contributed by atoms with E-state index in [1.807, 2.05) is 19.1 Å². The molecule has 6 nitrogen and oxygen atoms in total. The minimum atomic E-state index is -0.720. The van der Waals surface area contributed by atoms with E-state index in [2.05, 4.69) is 31.2 Å². The molecule has 1 atom stereocenters. The van der Waals surface area contributed by atoms with Crippen molar-refractivity contribution < 1.29 is 14.0 Å². The number of hydrogen-bond acceptors (Lipinski definition) is 4. The summed E-state index contributed by atoms with van der Waals surface area (Å²) in [5.41, 5.74) is 1.59. The summed E-state index contributed by atoms with van der Waals surface area (Å²) in [7, 11) is 0. The number of nitrogens with one attached hydrogen (secondary N) is 1. The first-order valence-corrected chi connectivity index (χ1v) is 8.63. The van der Waals surface area contributed by atoms with Crippen molar-refractivity contribution in [3.8, 4) is 0 Å². The van der Waals surface area contributed by atoms with Crippen LogP contribution in [0.15, 0.2) is 35.2 Å². The van der Waals surface area contributed by atoms with Crippen LogP contribution >= 0.6 is 15.9 Å². The average Bonchev–Trinajstić information content (AvgIpc) is 2.59. The molecule has 130 valence electrons. The van der Waals surface area contributed by atoms with Gasteiger partial charge in [-0.1, -0.05) is 22.9 Å². The van der Waals surface area contributed by atoms with Gasteiger partial charge in [0.2, 0.25) is 5.91 Å². The highest BCUT2D eigenvalue weighted by Crippen LogP contribution is 2.32. The summed E-state index contributed by atoms with van der Waals surface area (Å²) in [6.45, 7) is 2.33. The maximum Gasteiger partial charge on any atom is 0.254 e. The number of aromatic nitrogens is 2. The molecule has 0 saturated heterocycles. The predicted molar refractivity (Wildman–Crippen MR) is 93.7 cm³/mol. The normalized spacial score (nSPS) is 16.5. The van der Waals surface area contributed by atoms with Crippen LogP contribution in [0.3, 0.4) is 0 Å². The number of fused-ring (bicyclic) bond motifs is 1. The summed E-state index contributed by atoms with van der Waals surface area (Å²) in [5.74, 6) is -1.47. The van der Waals surface area contributed by atoms with E-state index in [-0.39, 0.29) is 24.2 Å². The van der Waals surface area contributed by atoms with E-state index in [1.54, 1.807) is 6.07 Å². The summed E-state index contributed by atoms with van der Waals surface area (Å²) in [5, 5.41) is 2.38. The Kier molecular flexibility index (Phi) is 5.08. The van der Waals surface area contributed by atoms with Crippen molar-refractivity contribution in [2.45, 2.75) is 19.3 Å². The molecule has 1 aromatic carbocycles. The van der Waals surface area contributed by atoms with Crippen LogP contribution in [0.25, 0.3) is 0 Å². The lowest BCUT2D eigenvalue weighted by molar-refractivity contribution is -0.117. The van der Waals surface area contributed by atoms with E-state index < -0.39 is 11.7 Å². The molecule has 25 heavy (non-hydrogen) atoms. The van der Waals surface area contributed by atoms with Crippen LogP contribution in [0.2, 0.25) is 0 Å². The molecular weight excluding hydrogens is 391 g/mol. The van der Waals surface area contributed by atoms with Gasteiger partial charge in [0.1, 0.15) is 12.9 Å². The molecule has 2 heterocycles. The molecule has 1 N–H and O–H groups in total. The Balaban J connectivity index is 1.77. The van der Waals surface area contributed by atoms with E-state index in [1.165, 1.54) is 4.90 Å². The Morgan fingerprint density at radius 1 is 1.48 bits per heavy atom. The number of nitrogens with zero attached hydrogens (tertiary/aromatic N) is 3. The van der Waals surface area contributed by atoms with Crippen LogP contribution in [-0.2, 0) is 4.79 Å². The van der Waals surface area contributed by atoms with Gasteiger partial charge in [-0.2, -0.15) is 0 Å². The van der Waals surface area contributed by atoms with Crippen LogP contribution < -0.4 is 5.32 Å². The number of carbonyl (C=O) groups excluding carboxylic acids is 2. The van der Waals surface area contributed by atoms with Gasteiger partial charge in [0.05, 0.1) is 6.20 Å². The van der Waals surface area contributed by atoms with Crippen LogP contribution in [0.1, 0.15) is 35.2 Å². The summed E-state index contributed by atoms with van der Waals surface area (Å²) in [4.78, 5) is 33.6. The minimum Gasteiger partial charge on any atom is -0.329 e. The molecule has 2 aromatic rings. The van der Waals surface area contributed by atoms with Crippen molar-refractivity contribution in [2.75, 3.05) is 18.4 Å². The van der Waals surface area contributed by atoms with Crippen LogP contribution in [0, 0.1) is 5.82 Å². The Hall–Kier alpha value is -2.35. The van der Waals surface area contributed by atoms with Crippen LogP contribution in [0.5, 0.6) is 0 Å². The molecule has 0 fully saturated rings. The maximum absolute atomic E-state index is 13.5. The molecule has 0 radical (unpaired) electrons. The summed E-state index contributed by atoms with van der Waals surface area (Å²) < 4.78 is 14.5. The van der Waals surface area contributed by atoms with Crippen molar-refractivity contribution in [1.29, 1.82) is 0 Å². The zero-order valence-electron chi connectivity index (χ0n) is 13.5. The first-order chi connectivity index (χ1) is 12.0. The van der Waals surface area contributed by atoms with Crippen LogP contribution in [-0.4, -0.2) is 39.8 Å². The van der Waals surface area contributed by atoms with Crippen molar-refractivity contribution in [2.24, 2.45) is 0 Å². The quantitative estimate of drug-likeness (QED) is 0.846. The SMILES string of the molecule is CC[C@H]1CN(CC(=O)Nc2ncncc2F)C(=O)c2ccc(Br)cc21. The lowest BCUT2D eigenvalue weighted by Crippen LogP contribution is -2.44. The minimum absolute atomic E-state index is 0.147. The van der Waals surface area contributed by atoms with Gasteiger partial charge in [-0.15, -0.1) is 0 Å². The molecule has 1 aliphatic rings. The molecule has 2 amide bonds. The van der Waals surface area contributed by atoms with Crippen molar-refractivity contribution in [1.82, 2.24) is 14.9 Å². The summed E-state index contributed by atoms with van der Waals surface area (Å²) >= 11 is 3.43. The van der Waals surface area contributed by atoms with Gasteiger partial charge in [0.25, 0.3) is 5.91 Å². The van der Waals surface area contributed by atoms with E-state index in [9.17, 15) is 14.0 Å². The largest absolute Gasteiger partial charge is 0.329 e. The molecule has 0 unspecified atom stereocenters. The number of anilines is 1. The second-order valence-electron chi connectivity index (χ2n) is 5.79. The monoisotopic (exact) mass is 406 g/mol. The topological polar surface area (TPSA) is 75.2 Å². The van der Waals surface area contributed by atoms with Gasteiger partial charge >= 0.3 is 0 Å². The Labute approximate surface area is 152 Å². The molecule has 3 rings (SSSR count). The third-order valence-electron chi connectivity index (χ3n) is 4.16. The zero-order valence-corrected chi connectivity index (χ0v) is 15.1. The summed E-state index contributed by atoms with van der Waals surface area (Å²) in [6, 6.07) is 5.52. The molecule has 1 aromatic heterocycles. The van der Waals surface area contributed by atoms with E-state index in [4.69, 9.17) is 0 Å². The smallest absolute Gasteiger partial charge is 0.254 e. The van der Waals surface area contributed by atoms with Crippen molar-refractivity contribution in [3.05, 3.63) is 52.1 Å². The Bertz CT molecular complexity index is 830. The average molecular weight is 407 g/mol. The van der Waals surface area contributed by atoms with Gasteiger partial charge < -0.3 is 10.2 Å². The van der Waals surface area contributed by atoms with Gasteiger partial charge in [-0.25, -0.2) is 14.4 Å². The molecular formula is C17H16BrFN4O2. The van der Waals surface area contributed by atoms with E-state index >= 15 is 0 Å². The predicted octanol–water partition coefficient (Wildman–Crippen LogP) is 2.97. The van der Waals surface area contributed by atoms with Crippen molar-refractivity contribution in [3.63, 3.8) is 0 Å². The molecule has 8 heteroatoms. The molecule has 0 spiro atoms. The first kappa shape index (κ1) is 17.5. The van der Waals surface area contributed by atoms with Gasteiger partial charge in [-0.3, -0.25) is 9.59 Å². The highest BCUT2D eigenvalue weighted by Gasteiger charge is 2.31. The molecule has 0 saturated carbocycles. The fourth-order valence-electron chi connectivity index (χ4n) is 2.92. The third-order valence-corrected chi connectivity index (χ3v) is 4.66. The number of halogens is 2. The van der Waals surface area contributed by atoms with E-state index in [0.717, 1.165) is 29.0 Å². The van der Waals surface area contributed by atoms with Gasteiger partial charge in [0, 0.05) is 22.5 Å². The fraction of sp³-hybridized carbons (Fsp3) is 0.294. The van der Waals surface area contributed by atoms with Gasteiger partial charge in [0.15, 0.2) is 11.6 Å². The second kappa shape index (κ2) is 7.26. The Morgan fingerprint density at radius 2 is 2.28 bits per heavy atom. The van der Waals surface area contributed by atoms with Crippen molar-refractivity contribution >= 4 is 33.6 Å². The maximum atomic E-state index is 13.5. The highest BCUT2D eigenvalue weighted by atomic mass is 79.9. The molecule has 0 aliphatic carbocycles. The lowest BCUT2D eigenvalue weighted by Gasteiger charge is -2.33. The molecule has 1 aliphatic heterocycles. The number of benzene rings is 1. The highest BCUT2D eigenvalue weighted by molar-refractivity contribution is 9.10. The number of amides is 2. The Morgan fingerprint density at radius 3 is 3.00 bits per heavy atom. The first-order valence-electron chi connectivity index (χ1n) is 7.83. The zero-order chi connectivity index (χ0) is 18.0. The second-order valence-corrected chi connectivity index (χ2v) is 6.71. The third kappa shape index (κ3) is 3.68. The van der Waals surface area contributed by atoms with Gasteiger partial charge in [-0.05, 0) is 30.2 Å². The van der Waals surface area contributed by atoms with Crippen LogP contribution in [0.4, 0.5) is 10.2 Å². The van der Waals surface area contributed by atoms with E-state index in [0.29, 0.717) is 12.1 Å². The lowest BCUT2D eigenvalue weighted by atomic mass is 9.87. The number of hydrogen-bond donors (Lipinski definition) is 1. The molecule has 0 bridgehead atoms.